The van der Waals surface area contributed by atoms with Crippen molar-refractivity contribution in [3.8, 4) is 0 Å². The van der Waals surface area contributed by atoms with Crippen LogP contribution in [-0.2, 0) is 9.59 Å². The molecule has 1 aliphatic heterocycles. The van der Waals surface area contributed by atoms with Crippen molar-refractivity contribution in [1.82, 2.24) is 15.4 Å². The van der Waals surface area contributed by atoms with Gasteiger partial charge in [0.2, 0.25) is 11.8 Å². The molecule has 7 nitrogen and oxygen atoms in total. The molecule has 0 radical (unpaired) electrons. The lowest BCUT2D eigenvalue weighted by Gasteiger charge is -2.31. The summed E-state index contributed by atoms with van der Waals surface area (Å²) in [5.74, 6) is 0.934. The van der Waals surface area contributed by atoms with Crippen molar-refractivity contribution in [2.75, 3.05) is 25.5 Å². The van der Waals surface area contributed by atoms with Gasteiger partial charge in [0.1, 0.15) is 5.76 Å². The number of carbonyl (C=O) groups is 2. The van der Waals surface area contributed by atoms with Crippen LogP contribution in [0.5, 0.6) is 0 Å². The molecule has 0 spiro atoms. The van der Waals surface area contributed by atoms with Gasteiger partial charge in [-0.3, -0.25) is 9.59 Å². The second-order valence-corrected chi connectivity index (χ2v) is 5.62. The molecule has 0 aromatic carbocycles. The smallest absolute Gasteiger partial charge is 0.245 e. The Balaban J connectivity index is 1.86. The highest BCUT2D eigenvalue weighted by Crippen LogP contribution is 2.17. The van der Waals surface area contributed by atoms with Crippen LogP contribution in [0.2, 0.25) is 0 Å². The Kier molecular flexibility index (Phi) is 4.95. The number of aryl methyl sites for hydroxylation is 1. The fourth-order valence-electron chi connectivity index (χ4n) is 2.52. The molecule has 0 saturated carbocycles. The highest BCUT2D eigenvalue weighted by Gasteiger charge is 2.30. The Morgan fingerprint density at radius 3 is 2.95 bits per heavy atom. The molecule has 1 aromatic rings. The summed E-state index contributed by atoms with van der Waals surface area (Å²) in [5, 5.41) is 9.52. The third kappa shape index (κ3) is 4.04. The maximum Gasteiger partial charge on any atom is 0.245 e. The number of carbonyl (C=O) groups excluding carboxylic acids is 2. The van der Waals surface area contributed by atoms with E-state index in [0.717, 1.165) is 19.4 Å². The monoisotopic (exact) mass is 294 g/mol. The summed E-state index contributed by atoms with van der Waals surface area (Å²) in [4.78, 5) is 25.7. The number of likely N-dealkylation sites (N-methyl/N-ethyl adjacent to an activating group) is 1. The van der Waals surface area contributed by atoms with Gasteiger partial charge in [-0.25, -0.2) is 0 Å². The van der Waals surface area contributed by atoms with E-state index in [2.05, 4.69) is 22.7 Å². The predicted octanol–water partition coefficient (Wildman–Crippen LogP) is 0.768. The Hall–Kier alpha value is -1.89. The number of aromatic nitrogens is 1. The standard InChI is InChI=1S/C14H22N4O3/c1-9-5-4-6-15-13(9)14(20)18(3)8-12(19)16-11-7-10(2)21-17-11/h7,9,13,15H,4-6,8H2,1-3H3,(H,16,17,19). The lowest BCUT2D eigenvalue weighted by atomic mass is 9.92. The summed E-state index contributed by atoms with van der Waals surface area (Å²) < 4.78 is 4.87. The first-order chi connectivity index (χ1) is 9.97. The molecular weight excluding hydrogens is 272 g/mol. The Morgan fingerprint density at radius 2 is 2.33 bits per heavy atom. The molecule has 0 bridgehead atoms. The van der Waals surface area contributed by atoms with Gasteiger partial charge in [0, 0.05) is 13.1 Å². The summed E-state index contributed by atoms with van der Waals surface area (Å²) in [6.07, 6.45) is 2.11. The van der Waals surface area contributed by atoms with Crippen LogP contribution in [0.4, 0.5) is 5.82 Å². The van der Waals surface area contributed by atoms with E-state index in [9.17, 15) is 9.59 Å². The Bertz CT molecular complexity index is 514. The first-order valence-corrected chi connectivity index (χ1v) is 7.19. The molecule has 2 rings (SSSR count). The molecule has 2 atom stereocenters. The number of piperidine rings is 1. The number of nitrogens with zero attached hydrogens (tertiary/aromatic N) is 2. The quantitative estimate of drug-likeness (QED) is 0.856. The zero-order valence-electron chi connectivity index (χ0n) is 12.7. The minimum atomic E-state index is -0.289. The molecule has 2 heterocycles. The summed E-state index contributed by atoms with van der Waals surface area (Å²) in [7, 11) is 1.64. The first-order valence-electron chi connectivity index (χ1n) is 7.19. The van der Waals surface area contributed by atoms with Crippen molar-refractivity contribution >= 4 is 17.6 Å². The van der Waals surface area contributed by atoms with Crippen LogP contribution in [-0.4, -0.2) is 48.0 Å². The van der Waals surface area contributed by atoms with Crippen molar-refractivity contribution in [3.05, 3.63) is 11.8 Å². The van der Waals surface area contributed by atoms with Crippen LogP contribution in [0, 0.1) is 12.8 Å². The van der Waals surface area contributed by atoms with E-state index in [-0.39, 0.29) is 30.3 Å². The average Bonchev–Trinajstić information content (AvgIpc) is 2.83. The molecule has 2 N–H and O–H groups in total. The average molecular weight is 294 g/mol. The predicted molar refractivity (Wildman–Crippen MR) is 77.7 cm³/mol. The van der Waals surface area contributed by atoms with Gasteiger partial charge in [0.15, 0.2) is 5.82 Å². The van der Waals surface area contributed by atoms with Crippen molar-refractivity contribution in [1.29, 1.82) is 0 Å². The van der Waals surface area contributed by atoms with Crippen LogP contribution in [0.15, 0.2) is 10.6 Å². The van der Waals surface area contributed by atoms with Gasteiger partial charge >= 0.3 is 0 Å². The van der Waals surface area contributed by atoms with Crippen LogP contribution in [0.1, 0.15) is 25.5 Å². The van der Waals surface area contributed by atoms with E-state index in [4.69, 9.17) is 4.52 Å². The van der Waals surface area contributed by atoms with Crippen molar-refractivity contribution < 1.29 is 14.1 Å². The Morgan fingerprint density at radius 1 is 1.57 bits per heavy atom. The third-order valence-electron chi connectivity index (χ3n) is 3.69. The van der Waals surface area contributed by atoms with Crippen molar-refractivity contribution in [2.24, 2.45) is 5.92 Å². The van der Waals surface area contributed by atoms with E-state index in [1.165, 1.54) is 4.90 Å². The zero-order valence-corrected chi connectivity index (χ0v) is 12.7. The topological polar surface area (TPSA) is 87.5 Å². The van der Waals surface area contributed by atoms with Gasteiger partial charge in [0.05, 0.1) is 12.6 Å². The van der Waals surface area contributed by atoms with Crippen LogP contribution in [0.3, 0.4) is 0 Å². The molecule has 0 aliphatic carbocycles. The minimum absolute atomic E-state index is 0.00432. The maximum absolute atomic E-state index is 12.3. The summed E-state index contributed by atoms with van der Waals surface area (Å²) in [5.41, 5.74) is 0. The largest absolute Gasteiger partial charge is 0.360 e. The van der Waals surface area contributed by atoms with Crippen molar-refractivity contribution in [2.45, 2.75) is 32.7 Å². The number of amides is 2. The molecule has 1 fully saturated rings. The molecule has 7 heteroatoms. The van der Waals surface area contributed by atoms with Gasteiger partial charge < -0.3 is 20.1 Å². The maximum atomic E-state index is 12.3. The van der Waals surface area contributed by atoms with Gasteiger partial charge in [-0.15, -0.1) is 0 Å². The molecule has 1 aromatic heterocycles. The van der Waals surface area contributed by atoms with E-state index in [1.807, 2.05) is 0 Å². The second kappa shape index (κ2) is 6.71. The zero-order chi connectivity index (χ0) is 15.4. The number of hydrogen-bond donors (Lipinski definition) is 2. The highest BCUT2D eigenvalue weighted by atomic mass is 16.5. The van der Waals surface area contributed by atoms with Gasteiger partial charge in [-0.05, 0) is 32.2 Å². The summed E-state index contributed by atoms with van der Waals surface area (Å²) >= 11 is 0. The number of rotatable bonds is 4. The highest BCUT2D eigenvalue weighted by molar-refractivity contribution is 5.94. The van der Waals surface area contributed by atoms with E-state index < -0.39 is 0 Å². The van der Waals surface area contributed by atoms with E-state index in [1.54, 1.807) is 20.0 Å². The number of hydrogen-bond acceptors (Lipinski definition) is 5. The lowest BCUT2D eigenvalue weighted by molar-refractivity contribution is -0.136. The number of nitrogens with one attached hydrogen (secondary N) is 2. The fourth-order valence-corrected chi connectivity index (χ4v) is 2.52. The molecule has 116 valence electrons. The molecule has 2 unspecified atom stereocenters. The number of anilines is 1. The fraction of sp³-hybridized carbons (Fsp3) is 0.643. The SMILES string of the molecule is Cc1cc(NC(=O)CN(C)C(=O)C2NCCCC2C)no1. The minimum Gasteiger partial charge on any atom is -0.360 e. The van der Waals surface area contributed by atoms with Crippen LogP contribution < -0.4 is 10.6 Å². The Labute approximate surface area is 124 Å². The molecule has 2 amide bonds. The normalized spacial score (nSPS) is 21.9. The third-order valence-corrected chi connectivity index (χ3v) is 3.69. The lowest BCUT2D eigenvalue weighted by Crippen LogP contribution is -2.52. The van der Waals surface area contributed by atoms with Crippen molar-refractivity contribution in [3.63, 3.8) is 0 Å². The van der Waals surface area contributed by atoms with Crippen LogP contribution in [0.25, 0.3) is 0 Å². The van der Waals surface area contributed by atoms with Gasteiger partial charge in [-0.2, -0.15) is 0 Å². The van der Waals surface area contributed by atoms with Gasteiger partial charge in [-0.1, -0.05) is 12.1 Å². The summed E-state index contributed by atoms with van der Waals surface area (Å²) in [6.45, 7) is 4.64. The molecule has 1 aliphatic rings. The molecular formula is C14H22N4O3. The van der Waals surface area contributed by atoms with Gasteiger partial charge in [0.25, 0.3) is 0 Å². The molecule has 21 heavy (non-hydrogen) atoms. The summed E-state index contributed by atoms with van der Waals surface area (Å²) in [6, 6.07) is 1.43. The second-order valence-electron chi connectivity index (χ2n) is 5.62. The van der Waals surface area contributed by atoms with E-state index >= 15 is 0 Å². The first kappa shape index (κ1) is 15.5. The van der Waals surface area contributed by atoms with Crippen LogP contribution >= 0.6 is 0 Å². The van der Waals surface area contributed by atoms with E-state index in [0.29, 0.717) is 11.6 Å². The molecule has 1 saturated heterocycles.